The predicted molar refractivity (Wildman–Crippen MR) is 257 cm³/mol. The zero-order valence-corrected chi connectivity index (χ0v) is 39.4. The van der Waals surface area contributed by atoms with Crippen molar-refractivity contribution in [3.63, 3.8) is 0 Å². The lowest BCUT2D eigenvalue weighted by atomic mass is 9.92. The number of aromatic nitrogens is 2. The van der Waals surface area contributed by atoms with Crippen molar-refractivity contribution in [2.75, 3.05) is 0 Å². The van der Waals surface area contributed by atoms with Gasteiger partial charge in [-0.25, -0.2) is 0 Å². The van der Waals surface area contributed by atoms with Gasteiger partial charge in [-0.05, 0) is 84.3 Å². The molecule has 6 rings (SSSR count). The molecule has 0 fully saturated rings. The molecule has 2 atom stereocenters. The van der Waals surface area contributed by atoms with E-state index in [-0.39, 0.29) is 39.5 Å². The molecule has 68 heavy (non-hydrogen) atoms. The first-order chi connectivity index (χ1) is 32.8. The van der Waals surface area contributed by atoms with E-state index in [9.17, 15) is 30.3 Å². The predicted octanol–water partition coefficient (Wildman–Crippen LogP) is 10.0. The summed E-state index contributed by atoms with van der Waals surface area (Å²) in [5, 5.41) is 44.7. The molecule has 6 aromatic rings. The summed E-state index contributed by atoms with van der Waals surface area (Å²) in [6.45, 7) is 8.50. The zero-order chi connectivity index (χ0) is 48.7. The Hall–Kier alpha value is -7.20. The number of carbonyl (C=O) groups is 2. The number of ether oxygens (including phenoxy) is 4. The van der Waals surface area contributed by atoms with Crippen LogP contribution in [0.5, 0.6) is 23.0 Å². The van der Waals surface area contributed by atoms with E-state index in [1.54, 1.807) is 62.6 Å². The van der Waals surface area contributed by atoms with Crippen LogP contribution >= 0.6 is 23.2 Å². The molecule has 4 aromatic carbocycles. The van der Waals surface area contributed by atoms with Crippen LogP contribution in [0.4, 0.5) is 0 Å². The number of halogens is 2. The maximum absolute atomic E-state index is 11.8. The highest BCUT2D eigenvalue weighted by Gasteiger charge is 2.20. The highest BCUT2D eigenvalue weighted by Crippen LogP contribution is 2.37. The number of rotatable bonds is 23. The molecule has 0 radical (unpaired) electrons. The average molecular weight is 958 g/mol. The summed E-state index contributed by atoms with van der Waals surface area (Å²) in [7, 11) is 0. The number of aliphatic carboxylic acids is 2. The summed E-state index contributed by atoms with van der Waals surface area (Å²) < 4.78 is 25.2. The van der Waals surface area contributed by atoms with Crippen molar-refractivity contribution in [2.45, 2.75) is 92.1 Å². The third-order valence-corrected chi connectivity index (χ3v) is 11.9. The third kappa shape index (κ3) is 13.0. The molecular formula is C52H50Cl2N6O8. The van der Waals surface area contributed by atoms with E-state index in [1.807, 2.05) is 50.2 Å². The fourth-order valence-electron chi connectivity index (χ4n) is 7.35. The topological polar surface area (TPSA) is 209 Å². The summed E-state index contributed by atoms with van der Waals surface area (Å²) in [4.78, 5) is 31.7. The molecule has 16 heteroatoms. The van der Waals surface area contributed by atoms with Crippen LogP contribution in [0.1, 0.15) is 82.3 Å². The van der Waals surface area contributed by atoms with Gasteiger partial charge in [0.05, 0.1) is 21.2 Å². The van der Waals surface area contributed by atoms with Crippen molar-refractivity contribution >= 4 is 35.1 Å². The van der Waals surface area contributed by atoms with Crippen molar-refractivity contribution in [3.8, 4) is 46.3 Å². The second-order valence-corrected chi connectivity index (χ2v) is 16.7. The summed E-state index contributed by atoms with van der Waals surface area (Å²) in [5.41, 5.74) is 9.19. The third-order valence-electron chi connectivity index (χ3n) is 11.3. The molecule has 0 saturated carbocycles. The SMILES string of the molecule is CC[C@@H](NCc1cc(Cl)c(OCc2cccc(-c3cccc(COc4cc(OCc5cncc(C#N)c5)c(CN[C@H](CC)C(=O)O)cc4Cl)c3C)c2C)cc1OCc1cncc(C#N)c1)C(=O)O. The van der Waals surface area contributed by atoms with Crippen LogP contribution in [0.3, 0.4) is 0 Å². The van der Waals surface area contributed by atoms with Gasteiger partial charge in [0.15, 0.2) is 0 Å². The van der Waals surface area contributed by atoms with Gasteiger partial charge in [-0.1, -0.05) is 73.4 Å². The molecule has 2 heterocycles. The van der Waals surface area contributed by atoms with E-state index in [1.165, 1.54) is 12.4 Å². The second-order valence-electron chi connectivity index (χ2n) is 15.9. The molecule has 0 saturated heterocycles. The van der Waals surface area contributed by atoms with Gasteiger partial charge in [0.2, 0.25) is 0 Å². The molecule has 2 aromatic heterocycles. The maximum Gasteiger partial charge on any atom is 0.320 e. The highest BCUT2D eigenvalue weighted by atomic mass is 35.5. The monoisotopic (exact) mass is 956 g/mol. The summed E-state index contributed by atoms with van der Waals surface area (Å²) >= 11 is 13.6. The molecule has 0 aliphatic carbocycles. The second kappa shape index (κ2) is 24.0. The molecular weight excluding hydrogens is 908 g/mol. The van der Waals surface area contributed by atoms with Gasteiger partial charge in [0.1, 0.15) is 73.6 Å². The van der Waals surface area contributed by atoms with Crippen molar-refractivity contribution in [1.82, 2.24) is 20.6 Å². The molecule has 0 aliphatic heterocycles. The van der Waals surface area contributed by atoms with Gasteiger partial charge in [0, 0.05) is 72.3 Å². The Bertz CT molecular complexity index is 2670. The van der Waals surface area contributed by atoms with E-state index >= 15 is 0 Å². The molecule has 350 valence electrons. The zero-order valence-electron chi connectivity index (χ0n) is 37.9. The smallest absolute Gasteiger partial charge is 0.320 e. The van der Waals surface area contributed by atoms with Crippen molar-refractivity contribution in [2.24, 2.45) is 0 Å². The number of hydrogen-bond donors (Lipinski definition) is 4. The molecule has 0 aliphatic rings. The molecule has 0 unspecified atom stereocenters. The van der Waals surface area contributed by atoms with Crippen LogP contribution in [-0.2, 0) is 49.1 Å². The molecule has 0 spiro atoms. The standard InChI is InChI=1S/C52H50Cl2N6O8/c1-5-45(51(61)62)59-25-39-15-43(53)49(17-47(39)65-27-35-13-33(19-55)21-57-23-35)67-29-37-9-7-11-41(31(37)3)42-12-8-10-38(32(42)4)30-68-50-18-48(66-28-36-14-34(20-56)22-58-24-36)40(16-44(50)54)26-60-46(6-2)52(63)64/h7-18,21-24,45-46,59-60H,5-6,25-30H2,1-4H3,(H,61,62)(H,63,64)/t45-,46-/m1/s1. The first-order valence-electron chi connectivity index (χ1n) is 21.8. The lowest BCUT2D eigenvalue weighted by Gasteiger charge is -2.19. The first kappa shape index (κ1) is 50.2. The largest absolute Gasteiger partial charge is 0.488 e. The van der Waals surface area contributed by atoms with Crippen LogP contribution in [-0.4, -0.2) is 44.2 Å². The molecule has 0 amide bonds. The number of carboxylic acids is 2. The Labute approximate surface area is 405 Å². The Morgan fingerprint density at radius 2 is 0.985 bits per heavy atom. The van der Waals surface area contributed by atoms with Gasteiger partial charge in [0.25, 0.3) is 0 Å². The number of carboxylic acid groups (broad SMARTS) is 2. The molecule has 14 nitrogen and oxygen atoms in total. The lowest BCUT2D eigenvalue weighted by Crippen LogP contribution is -2.35. The number of nitrogens with zero attached hydrogens (tertiary/aromatic N) is 4. The van der Waals surface area contributed by atoms with Gasteiger partial charge >= 0.3 is 11.9 Å². The Morgan fingerprint density at radius 3 is 1.35 bits per heavy atom. The Balaban J connectivity index is 1.20. The van der Waals surface area contributed by atoms with Crippen molar-refractivity contribution in [3.05, 3.63) is 163 Å². The van der Waals surface area contributed by atoms with E-state index in [0.29, 0.717) is 79.3 Å². The van der Waals surface area contributed by atoms with Gasteiger partial charge in [-0.15, -0.1) is 0 Å². The van der Waals surface area contributed by atoms with E-state index in [4.69, 9.17) is 42.1 Å². The highest BCUT2D eigenvalue weighted by molar-refractivity contribution is 6.32. The van der Waals surface area contributed by atoms with Crippen molar-refractivity contribution < 1.29 is 38.7 Å². The number of nitriles is 2. The van der Waals surface area contributed by atoms with Crippen LogP contribution in [0, 0.1) is 36.5 Å². The minimum absolute atomic E-state index is 0.0952. The minimum Gasteiger partial charge on any atom is -0.488 e. The van der Waals surface area contributed by atoms with E-state index in [0.717, 1.165) is 33.4 Å². The number of nitrogens with one attached hydrogen (secondary N) is 2. The first-order valence-corrected chi connectivity index (χ1v) is 22.5. The van der Waals surface area contributed by atoms with Crippen LogP contribution < -0.4 is 29.6 Å². The Kier molecular flexibility index (Phi) is 17.7. The lowest BCUT2D eigenvalue weighted by molar-refractivity contribution is -0.140. The van der Waals surface area contributed by atoms with Gasteiger partial charge in [-0.2, -0.15) is 10.5 Å². The van der Waals surface area contributed by atoms with Crippen LogP contribution in [0.2, 0.25) is 10.0 Å². The summed E-state index contributed by atoms with van der Waals surface area (Å²) in [6, 6.07) is 24.8. The summed E-state index contributed by atoms with van der Waals surface area (Å²) in [6.07, 6.45) is 6.91. The van der Waals surface area contributed by atoms with Crippen LogP contribution in [0.25, 0.3) is 11.1 Å². The Morgan fingerprint density at radius 1 is 0.588 bits per heavy atom. The van der Waals surface area contributed by atoms with E-state index < -0.39 is 24.0 Å². The molecule has 4 N–H and O–H groups in total. The minimum atomic E-state index is -0.966. The maximum atomic E-state index is 11.8. The number of benzene rings is 4. The summed E-state index contributed by atoms with van der Waals surface area (Å²) in [5.74, 6) is -0.339. The van der Waals surface area contributed by atoms with E-state index in [2.05, 4.69) is 32.7 Å². The average Bonchev–Trinajstić information content (AvgIpc) is 3.33. The quantitative estimate of drug-likeness (QED) is 0.0471. The fraction of sp³-hybridized carbons (Fsp3) is 0.269. The van der Waals surface area contributed by atoms with Crippen molar-refractivity contribution in [1.29, 1.82) is 10.5 Å². The van der Waals surface area contributed by atoms with Gasteiger partial charge in [-0.3, -0.25) is 19.6 Å². The normalized spacial score (nSPS) is 11.8. The molecule has 0 bridgehead atoms. The van der Waals surface area contributed by atoms with Crippen LogP contribution in [0.15, 0.2) is 97.6 Å². The van der Waals surface area contributed by atoms with Gasteiger partial charge < -0.3 is 39.8 Å². The number of pyridine rings is 2. The fourth-order valence-corrected chi connectivity index (χ4v) is 7.83. The number of hydrogen-bond acceptors (Lipinski definition) is 12.